The molecule has 1 saturated heterocycles. The quantitative estimate of drug-likeness (QED) is 0.735. The van der Waals surface area contributed by atoms with E-state index in [0.717, 1.165) is 5.56 Å². The fraction of sp³-hybridized carbons (Fsp3) is 0.364. The van der Waals surface area contributed by atoms with Gasteiger partial charge in [0.15, 0.2) is 0 Å². The highest BCUT2D eigenvalue weighted by Crippen LogP contribution is 2.03. The molecule has 1 aromatic heterocycles. The second-order valence-electron chi connectivity index (χ2n) is 3.70. The Bertz CT molecular complexity index is 391. The molecule has 2 amide bonds. The monoisotopic (exact) mass is 219 g/mol. The van der Waals surface area contributed by atoms with E-state index >= 15 is 0 Å². The van der Waals surface area contributed by atoms with E-state index in [0.29, 0.717) is 19.5 Å². The van der Waals surface area contributed by atoms with E-state index in [9.17, 15) is 9.59 Å². The molecular weight excluding hydrogens is 206 g/mol. The Labute approximate surface area is 93.5 Å². The van der Waals surface area contributed by atoms with Crippen LogP contribution in [0.15, 0.2) is 24.5 Å². The predicted octanol–water partition coefficient (Wildman–Crippen LogP) is -0.417. The number of hydrogen-bond donors (Lipinski definition) is 1. The van der Waals surface area contributed by atoms with Crippen molar-refractivity contribution in [2.45, 2.75) is 6.42 Å². The standard InChI is InChI=1S/C11H13N3O2/c15-10-8-14(6-5-13-10)11(16)7-9-1-3-12-4-2-9/h1-4H,5-8H2,(H,13,15). The van der Waals surface area contributed by atoms with Gasteiger partial charge >= 0.3 is 0 Å². The van der Waals surface area contributed by atoms with Crippen LogP contribution in [0.4, 0.5) is 0 Å². The zero-order valence-corrected chi connectivity index (χ0v) is 8.85. The SMILES string of the molecule is O=C1CN(C(=O)Cc2ccncc2)CCN1. The van der Waals surface area contributed by atoms with Gasteiger partial charge in [-0.2, -0.15) is 0 Å². The third-order valence-corrected chi connectivity index (χ3v) is 2.50. The highest BCUT2D eigenvalue weighted by Gasteiger charge is 2.20. The van der Waals surface area contributed by atoms with Gasteiger partial charge < -0.3 is 10.2 Å². The van der Waals surface area contributed by atoms with Crippen LogP contribution in [-0.4, -0.2) is 41.3 Å². The minimum absolute atomic E-state index is 0.0129. The Morgan fingerprint density at radius 1 is 1.44 bits per heavy atom. The first-order valence-corrected chi connectivity index (χ1v) is 5.19. The largest absolute Gasteiger partial charge is 0.353 e. The van der Waals surface area contributed by atoms with Gasteiger partial charge in [0, 0.05) is 25.5 Å². The molecule has 0 radical (unpaired) electrons. The molecule has 0 saturated carbocycles. The highest BCUT2D eigenvalue weighted by molar-refractivity contribution is 5.86. The van der Waals surface area contributed by atoms with Gasteiger partial charge in [-0.1, -0.05) is 0 Å². The molecule has 0 unspecified atom stereocenters. The van der Waals surface area contributed by atoms with Crippen molar-refractivity contribution in [1.29, 1.82) is 0 Å². The van der Waals surface area contributed by atoms with E-state index in [4.69, 9.17) is 0 Å². The first-order valence-electron chi connectivity index (χ1n) is 5.19. The van der Waals surface area contributed by atoms with E-state index in [-0.39, 0.29) is 18.4 Å². The summed E-state index contributed by atoms with van der Waals surface area (Å²) in [5.41, 5.74) is 0.922. The first-order chi connectivity index (χ1) is 7.75. The van der Waals surface area contributed by atoms with Crippen LogP contribution >= 0.6 is 0 Å². The predicted molar refractivity (Wildman–Crippen MR) is 57.5 cm³/mol. The summed E-state index contributed by atoms with van der Waals surface area (Å²) in [4.78, 5) is 28.4. The molecule has 2 rings (SSSR count). The van der Waals surface area contributed by atoms with Crippen LogP contribution in [-0.2, 0) is 16.0 Å². The lowest BCUT2D eigenvalue weighted by molar-refractivity contribution is -0.137. The van der Waals surface area contributed by atoms with Gasteiger partial charge in [-0.15, -0.1) is 0 Å². The molecule has 0 aliphatic carbocycles. The Morgan fingerprint density at radius 2 is 2.19 bits per heavy atom. The van der Waals surface area contributed by atoms with E-state index < -0.39 is 0 Å². The Morgan fingerprint density at radius 3 is 2.88 bits per heavy atom. The van der Waals surface area contributed by atoms with E-state index in [2.05, 4.69) is 10.3 Å². The van der Waals surface area contributed by atoms with E-state index in [1.54, 1.807) is 17.3 Å². The topological polar surface area (TPSA) is 62.3 Å². The van der Waals surface area contributed by atoms with Crippen LogP contribution in [0.25, 0.3) is 0 Å². The Hall–Kier alpha value is -1.91. The molecule has 2 heterocycles. The maximum Gasteiger partial charge on any atom is 0.239 e. The third-order valence-electron chi connectivity index (χ3n) is 2.50. The van der Waals surface area contributed by atoms with Crippen LogP contribution in [0.2, 0.25) is 0 Å². The van der Waals surface area contributed by atoms with Crippen LogP contribution < -0.4 is 5.32 Å². The average Bonchev–Trinajstić information content (AvgIpc) is 2.30. The van der Waals surface area contributed by atoms with Gasteiger partial charge in [0.25, 0.3) is 0 Å². The molecule has 0 bridgehead atoms. The Balaban J connectivity index is 1.95. The number of rotatable bonds is 2. The van der Waals surface area contributed by atoms with Gasteiger partial charge in [-0.25, -0.2) is 0 Å². The molecule has 1 aliphatic heterocycles. The summed E-state index contributed by atoms with van der Waals surface area (Å²) in [5.74, 6) is -0.102. The molecular formula is C11H13N3O2. The smallest absolute Gasteiger partial charge is 0.239 e. The third kappa shape index (κ3) is 2.56. The van der Waals surface area contributed by atoms with Crippen molar-refractivity contribution in [3.8, 4) is 0 Å². The lowest BCUT2D eigenvalue weighted by Gasteiger charge is -2.26. The van der Waals surface area contributed by atoms with E-state index in [1.165, 1.54) is 0 Å². The molecule has 0 spiro atoms. The number of nitrogens with one attached hydrogen (secondary N) is 1. The Kier molecular flexibility index (Phi) is 3.14. The number of pyridine rings is 1. The summed E-state index contributed by atoms with van der Waals surface area (Å²) in [6, 6.07) is 3.61. The molecule has 1 aliphatic rings. The van der Waals surface area contributed by atoms with Crippen LogP contribution in [0, 0.1) is 0 Å². The summed E-state index contributed by atoms with van der Waals surface area (Å²) >= 11 is 0. The number of nitrogens with zero attached hydrogens (tertiary/aromatic N) is 2. The fourth-order valence-corrected chi connectivity index (χ4v) is 1.64. The van der Waals surface area contributed by atoms with E-state index in [1.807, 2.05) is 12.1 Å². The zero-order valence-electron chi connectivity index (χ0n) is 8.85. The second-order valence-corrected chi connectivity index (χ2v) is 3.70. The van der Waals surface area contributed by atoms with Gasteiger partial charge in [0.1, 0.15) is 0 Å². The number of carbonyl (C=O) groups is 2. The van der Waals surface area contributed by atoms with Crippen molar-refractivity contribution in [3.05, 3.63) is 30.1 Å². The fourth-order valence-electron chi connectivity index (χ4n) is 1.64. The van der Waals surface area contributed by atoms with Crippen molar-refractivity contribution in [1.82, 2.24) is 15.2 Å². The normalized spacial score (nSPS) is 15.8. The van der Waals surface area contributed by atoms with Gasteiger partial charge in [-0.05, 0) is 17.7 Å². The molecule has 1 N–H and O–H groups in total. The summed E-state index contributed by atoms with van der Waals surface area (Å²) in [6.07, 6.45) is 3.65. The van der Waals surface area contributed by atoms with Crippen molar-refractivity contribution < 1.29 is 9.59 Å². The second kappa shape index (κ2) is 4.74. The van der Waals surface area contributed by atoms with Crippen molar-refractivity contribution >= 4 is 11.8 Å². The summed E-state index contributed by atoms with van der Waals surface area (Å²) < 4.78 is 0. The zero-order chi connectivity index (χ0) is 11.4. The molecule has 1 fully saturated rings. The number of amides is 2. The molecule has 84 valence electrons. The summed E-state index contributed by atoms with van der Waals surface area (Å²) in [6.45, 7) is 1.31. The molecule has 5 nitrogen and oxygen atoms in total. The number of carbonyl (C=O) groups excluding carboxylic acids is 2. The maximum atomic E-state index is 11.8. The highest BCUT2D eigenvalue weighted by atomic mass is 16.2. The van der Waals surface area contributed by atoms with Crippen molar-refractivity contribution in [3.63, 3.8) is 0 Å². The van der Waals surface area contributed by atoms with Crippen LogP contribution in [0.1, 0.15) is 5.56 Å². The van der Waals surface area contributed by atoms with Crippen LogP contribution in [0.3, 0.4) is 0 Å². The van der Waals surface area contributed by atoms with Gasteiger partial charge in [0.2, 0.25) is 11.8 Å². The minimum atomic E-state index is -0.0886. The van der Waals surface area contributed by atoms with Crippen molar-refractivity contribution in [2.24, 2.45) is 0 Å². The molecule has 5 heteroatoms. The van der Waals surface area contributed by atoms with Gasteiger partial charge in [-0.3, -0.25) is 14.6 Å². The number of aromatic nitrogens is 1. The maximum absolute atomic E-state index is 11.8. The molecule has 16 heavy (non-hydrogen) atoms. The summed E-state index contributed by atoms with van der Waals surface area (Å²) in [7, 11) is 0. The minimum Gasteiger partial charge on any atom is -0.353 e. The lowest BCUT2D eigenvalue weighted by Crippen LogP contribution is -2.50. The molecule has 1 aromatic rings. The van der Waals surface area contributed by atoms with Crippen molar-refractivity contribution in [2.75, 3.05) is 19.6 Å². The average molecular weight is 219 g/mol. The summed E-state index contributed by atoms with van der Waals surface area (Å²) in [5, 5.41) is 2.69. The lowest BCUT2D eigenvalue weighted by atomic mass is 10.2. The first kappa shape index (κ1) is 10.6. The van der Waals surface area contributed by atoms with Gasteiger partial charge in [0.05, 0.1) is 13.0 Å². The number of piperazine rings is 1. The number of hydrogen-bond acceptors (Lipinski definition) is 3. The molecule has 0 atom stereocenters. The molecule has 0 aromatic carbocycles. The van der Waals surface area contributed by atoms with Crippen LogP contribution in [0.5, 0.6) is 0 Å².